The van der Waals surface area contributed by atoms with Crippen LogP contribution in [0.25, 0.3) is 0 Å². The van der Waals surface area contributed by atoms with Gasteiger partial charge in [-0.15, -0.1) is 0 Å². The molecule has 1 aromatic heterocycles. The van der Waals surface area contributed by atoms with Gasteiger partial charge in [-0.25, -0.2) is 9.78 Å². The van der Waals surface area contributed by atoms with E-state index >= 15 is 0 Å². The van der Waals surface area contributed by atoms with E-state index in [0.717, 1.165) is 31.0 Å². The summed E-state index contributed by atoms with van der Waals surface area (Å²) >= 11 is 0. The Morgan fingerprint density at radius 2 is 2.05 bits per heavy atom. The zero-order valence-electron chi connectivity index (χ0n) is 13.7. The predicted octanol–water partition coefficient (Wildman–Crippen LogP) is 3.78. The van der Waals surface area contributed by atoms with Crippen LogP contribution in [0.15, 0.2) is 12.1 Å². The lowest BCUT2D eigenvalue weighted by Gasteiger charge is -2.27. The molecule has 116 valence electrons. The van der Waals surface area contributed by atoms with E-state index in [1.54, 1.807) is 12.1 Å². The van der Waals surface area contributed by atoms with Gasteiger partial charge in [0.2, 0.25) is 0 Å². The van der Waals surface area contributed by atoms with Crippen molar-refractivity contribution in [3.63, 3.8) is 0 Å². The van der Waals surface area contributed by atoms with Crippen LogP contribution in [0.2, 0.25) is 0 Å². The van der Waals surface area contributed by atoms with E-state index in [-0.39, 0.29) is 11.3 Å². The average molecular weight is 290 g/mol. The molecule has 2 rings (SSSR count). The molecule has 1 atom stereocenters. The molecule has 0 aromatic carbocycles. The molecule has 4 nitrogen and oxygen atoms in total. The second-order valence-corrected chi connectivity index (χ2v) is 7.40. The van der Waals surface area contributed by atoms with Crippen LogP contribution in [0.3, 0.4) is 0 Å². The first-order valence-electron chi connectivity index (χ1n) is 7.68. The van der Waals surface area contributed by atoms with Crippen molar-refractivity contribution in [3.8, 4) is 0 Å². The summed E-state index contributed by atoms with van der Waals surface area (Å²) in [5.41, 5.74) is 1.46. The summed E-state index contributed by atoms with van der Waals surface area (Å²) in [6, 6.07) is 3.40. The molecule has 1 fully saturated rings. The summed E-state index contributed by atoms with van der Waals surface area (Å²) in [7, 11) is 0. The van der Waals surface area contributed by atoms with E-state index in [9.17, 15) is 9.90 Å². The van der Waals surface area contributed by atoms with Crippen molar-refractivity contribution in [2.75, 3.05) is 18.0 Å². The fourth-order valence-corrected chi connectivity index (χ4v) is 2.79. The summed E-state index contributed by atoms with van der Waals surface area (Å²) in [5, 5.41) is 9.29. The maximum atomic E-state index is 11.3. The number of aromatic carboxylic acids is 1. The van der Waals surface area contributed by atoms with E-state index in [1.807, 2.05) is 13.8 Å². The van der Waals surface area contributed by atoms with Crippen molar-refractivity contribution < 1.29 is 9.90 Å². The van der Waals surface area contributed by atoms with Crippen molar-refractivity contribution in [1.82, 2.24) is 4.98 Å². The normalized spacial score (nSPS) is 19.3. The van der Waals surface area contributed by atoms with Gasteiger partial charge in [0.15, 0.2) is 0 Å². The minimum atomic E-state index is -0.882. The van der Waals surface area contributed by atoms with E-state index in [4.69, 9.17) is 0 Å². The number of anilines is 1. The van der Waals surface area contributed by atoms with Crippen LogP contribution in [-0.2, 0) is 0 Å². The lowest BCUT2D eigenvalue weighted by molar-refractivity contribution is 0.0696. The first-order valence-corrected chi connectivity index (χ1v) is 7.68. The van der Waals surface area contributed by atoms with Crippen LogP contribution < -0.4 is 4.90 Å². The van der Waals surface area contributed by atoms with Gasteiger partial charge < -0.3 is 10.0 Å². The first kappa shape index (κ1) is 15.8. The maximum Gasteiger partial charge on any atom is 0.335 e. The molecular weight excluding hydrogens is 264 g/mol. The summed E-state index contributed by atoms with van der Waals surface area (Å²) < 4.78 is 0. The van der Waals surface area contributed by atoms with Crippen molar-refractivity contribution in [2.45, 2.75) is 47.0 Å². The predicted molar refractivity (Wildman–Crippen MR) is 85.1 cm³/mol. The number of rotatable bonds is 3. The van der Waals surface area contributed by atoms with E-state index in [1.165, 1.54) is 0 Å². The van der Waals surface area contributed by atoms with Gasteiger partial charge in [0.25, 0.3) is 0 Å². The number of aromatic nitrogens is 1. The Labute approximate surface area is 127 Å². The molecule has 2 heterocycles. The molecule has 1 aliphatic rings. The number of pyridine rings is 1. The van der Waals surface area contributed by atoms with Gasteiger partial charge in [0, 0.05) is 18.8 Å². The SMILES string of the molecule is CC(C)c1cc(C(=O)O)cc(N2CCC(C(C)(C)C)C2)n1. The Morgan fingerprint density at radius 1 is 1.38 bits per heavy atom. The number of carboxylic acid groups (broad SMARTS) is 1. The van der Waals surface area contributed by atoms with Crippen molar-refractivity contribution in [3.05, 3.63) is 23.4 Å². The zero-order chi connectivity index (χ0) is 15.8. The van der Waals surface area contributed by atoms with Crippen LogP contribution in [0.4, 0.5) is 5.82 Å². The van der Waals surface area contributed by atoms with Crippen LogP contribution in [0.1, 0.15) is 63.0 Å². The third-order valence-electron chi connectivity index (χ3n) is 4.41. The molecule has 0 spiro atoms. The Kier molecular flexibility index (Phi) is 4.26. The minimum absolute atomic E-state index is 0.226. The molecule has 1 unspecified atom stereocenters. The van der Waals surface area contributed by atoms with Crippen LogP contribution >= 0.6 is 0 Å². The Morgan fingerprint density at radius 3 is 2.52 bits per heavy atom. The molecule has 1 aliphatic heterocycles. The van der Waals surface area contributed by atoms with Gasteiger partial charge >= 0.3 is 5.97 Å². The van der Waals surface area contributed by atoms with Gasteiger partial charge in [-0.05, 0) is 35.8 Å². The average Bonchev–Trinajstić information content (AvgIpc) is 2.87. The summed E-state index contributed by atoms with van der Waals surface area (Å²) in [4.78, 5) is 18.2. The molecule has 21 heavy (non-hydrogen) atoms. The van der Waals surface area contributed by atoms with Gasteiger partial charge in [0.05, 0.1) is 5.56 Å². The highest BCUT2D eigenvalue weighted by Crippen LogP contribution is 2.35. The van der Waals surface area contributed by atoms with Crippen molar-refractivity contribution >= 4 is 11.8 Å². The monoisotopic (exact) mass is 290 g/mol. The molecule has 0 aliphatic carbocycles. The van der Waals surface area contributed by atoms with Crippen molar-refractivity contribution in [1.29, 1.82) is 0 Å². The topological polar surface area (TPSA) is 53.4 Å². The maximum absolute atomic E-state index is 11.3. The Balaban J connectivity index is 2.30. The van der Waals surface area contributed by atoms with E-state index in [2.05, 4.69) is 30.7 Å². The molecule has 1 saturated heterocycles. The number of carboxylic acids is 1. The summed E-state index contributed by atoms with van der Waals surface area (Å²) in [6.45, 7) is 12.8. The first-order chi connectivity index (χ1) is 9.68. The van der Waals surface area contributed by atoms with Crippen LogP contribution in [0.5, 0.6) is 0 Å². The van der Waals surface area contributed by atoms with Crippen molar-refractivity contribution in [2.24, 2.45) is 11.3 Å². The highest BCUT2D eigenvalue weighted by molar-refractivity contribution is 5.88. The van der Waals surface area contributed by atoms with E-state index in [0.29, 0.717) is 11.5 Å². The molecule has 0 saturated carbocycles. The Hall–Kier alpha value is -1.58. The van der Waals surface area contributed by atoms with Gasteiger partial charge in [-0.1, -0.05) is 34.6 Å². The number of nitrogens with zero attached hydrogens (tertiary/aromatic N) is 2. The van der Waals surface area contributed by atoms with Gasteiger partial charge in [0.1, 0.15) is 5.82 Å². The van der Waals surface area contributed by atoms with Crippen LogP contribution in [-0.4, -0.2) is 29.1 Å². The smallest absolute Gasteiger partial charge is 0.335 e. The highest BCUT2D eigenvalue weighted by atomic mass is 16.4. The second-order valence-electron chi connectivity index (χ2n) is 7.40. The standard InChI is InChI=1S/C17H26N2O2/c1-11(2)14-8-12(16(20)21)9-15(18-14)19-7-6-13(10-19)17(3,4)5/h8-9,11,13H,6-7,10H2,1-5H3,(H,20,21). The number of hydrogen-bond acceptors (Lipinski definition) is 3. The van der Waals surface area contributed by atoms with Crippen LogP contribution in [0, 0.1) is 11.3 Å². The summed E-state index contributed by atoms with van der Waals surface area (Å²) in [6.07, 6.45) is 1.14. The fraction of sp³-hybridized carbons (Fsp3) is 0.647. The third-order valence-corrected chi connectivity index (χ3v) is 4.41. The largest absolute Gasteiger partial charge is 0.478 e. The molecular formula is C17H26N2O2. The molecule has 0 bridgehead atoms. The molecule has 4 heteroatoms. The Bertz CT molecular complexity index is 532. The van der Waals surface area contributed by atoms with E-state index < -0.39 is 5.97 Å². The quantitative estimate of drug-likeness (QED) is 0.920. The zero-order valence-corrected chi connectivity index (χ0v) is 13.7. The second kappa shape index (κ2) is 5.66. The number of hydrogen-bond donors (Lipinski definition) is 1. The molecule has 0 radical (unpaired) electrons. The lowest BCUT2D eigenvalue weighted by Crippen LogP contribution is -2.26. The number of carbonyl (C=O) groups is 1. The third kappa shape index (κ3) is 3.55. The molecule has 1 aromatic rings. The fourth-order valence-electron chi connectivity index (χ4n) is 2.79. The molecule has 1 N–H and O–H groups in total. The minimum Gasteiger partial charge on any atom is -0.478 e. The summed E-state index contributed by atoms with van der Waals surface area (Å²) in [5.74, 6) is 0.775. The molecule has 0 amide bonds. The highest BCUT2D eigenvalue weighted by Gasteiger charge is 2.32. The van der Waals surface area contributed by atoms with Gasteiger partial charge in [-0.2, -0.15) is 0 Å². The van der Waals surface area contributed by atoms with Gasteiger partial charge in [-0.3, -0.25) is 0 Å². The lowest BCUT2D eigenvalue weighted by atomic mass is 9.80.